The van der Waals surface area contributed by atoms with Crippen LogP contribution in [0.15, 0.2) is 72.4 Å². The lowest BCUT2D eigenvalue weighted by atomic mass is 10.0. The molecule has 124 valence electrons. The topological polar surface area (TPSA) is 14.2 Å². The van der Waals surface area contributed by atoms with E-state index in [0.29, 0.717) is 13.2 Å². The number of hydrogen-bond donors (Lipinski definition) is 0. The normalized spacial score (nSPS) is 12.0. The van der Waals surface area contributed by atoms with Gasteiger partial charge in [-0.05, 0) is 42.5 Å². The number of nitrogens with zero attached hydrogens (tertiary/aromatic N) is 1. The Morgan fingerprint density at radius 2 is 1.79 bits per heavy atom. The lowest BCUT2D eigenvalue weighted by molar-refractivity contribution is 0.140. The number of aryl methyl sites for hydroxylation is 2. The van der Waals surface area contributed by atoms with E-state index in [2.05, 4.69) is 79.3 Å². The van der Waals surface area contributed by atoms with Crippen molar-refractivity contribution in [3.63, 3.8) is 0 Å². The standard InChI is InChI=1S/C22H25NO/c1-3-18(16-24-17-19-9-5-4-6-10-19)13-14-20-15-23(2)22-12-8-7-11-21(20)22/h3-12,15H,13-14,16-17H2,1-2H3/b18-3-. The SMILES string of the molecule is C/C=C(/CCc1cn(C)c2ccccc12)COCc1ccccc1. The third-order valence-electron chi connectivity index (χ3n) is 4.50. The molecule has 0 bridgehead atoms. The van der Waals surface area contributed by atoms with Crippen LogP contribution in [0.4, 0.5) is 0 Å². The molecule has 0 saturated carbocycles. The van der Waals surface area contributed by atoms with Crippen molar-refractivity contribution in [2.45, 2.75) is 26.4 Å². The first-order valence-corrected chi connectivity index (χ1v) is 8.56. The Hall–Kier alpha value is -2.32. The van der Waals surface area contributed by atoms with Gasteiger partial charge in [0.1, 0.15) is 0 Å². The number of ether oxygens (including phenoxy) is 1. The Morgan fingerprint density at radius 3 is 2.58 bits per heavy atom. The van der Waals surface area contributed by atoms with Gasteiger partial charge >= 0.3 is 0 Å². The highest BCUT2D eigenvalue weighted by Gasteiger charge is 2.07. The van der Waals surface area contributed by atoms with E-state index in [1.165, 1.54) is 27.6 Å². The predicted octanol–water partition coefficient (Wildman–Crippen LogP) is 5.27. The second-order valence-electron chi connectivity index (χ2n) is 6.21. The molecule has 0 unspecified atom stereocenters. The smallest absolute Gasteiger partial charge is 0.0721 e. The van der Waals surface area contributed by atoms with Crippen LogP contribution in [0.1, 0.15) is 24.5 Å². The zero-order valence-corrected chi connectivity index (χ0v) is 14.5. The van der Waals surface area contributed by atoms with Gasteiger partial charge < -0.3 is 9.30 Å². The van der Waals surface area contributed by atoms with E-state index in [1.54, 1.807) is 0 Å². The molecular formula is C22H25NO. The Labute approximate surface area is 144 Å². The van der Waals surface area contributed by atoms with E-state index >= 15 is 0 Å². The Bertz CT molecular complexity index is 814. The van der Waals surface area contributed by atoms with Crippen molar-refractivity contribution < 1.29 is 4.74 Å². The Balaban J connectivity index is 1.56. The van der Waals surface area contributed by atoms with E-state index in [4.69, 9.17) is 4.74 Å². The van der Waals surface area contributed by atoms with Crippen molar-refractivity contribution in [3.8, 4) is 0 Å². The third-order valence-corrected chi connectivity index (χ3v) is 4.50. The van der Waals surface area contributed by atoms with Gasteiger partial charge in [0.2, 0.25) is 0 Å². The molecule has 0 atom stereocenters. The monoisotopic (exact) mass is 319 g/mol. The van der Waals surface area contributed by atoms with E-state index in [0.717, 1.165) is 12.8 Å². The lowest BCUT2D eigenvalue weighted by Crippen LogP contribution is -2.00. The summed E-state index contributed by atoms with van der Waals surface area (Å²) in [6, 6.07) is 18.9. The highest BCUT2D eigenvalue weighted by molar-refractivity contribution is 5.83. The maximum Gasteiger partial charge on any atom is 0.0721 e. The van der Waals surface area contributed by atoms with E-state index in [1.807, 2.05) is 6.07 Å². The van der Waals surface area contributed by atoms with Gasteiger partial charge in [0.15, 0.2) is 0 Å². The molecule has 1 heterocycles. The van der Waals surface area contributed by atoms with Crippen LogP contribution in [0.25, 0.3) is 10.9 Å². The van der Waals surface area contributed by atoms with Gasteiger partial charge in [0, 0.05) is 24.1 Å². The Kier molecular flexibility index (Phi) is 5.50. The van der Waals surface area contributed by atoms with Crippen molar-refractivity contribution >= 4 is 10.9 Å². The van der Waals surface area contributed by atoms with Crippen molar-refractivity contribution in [1.82, 2.24) is 4.57 Å². The first-order chi connectivity index (χ1) is 11.8. The van der Waals surface area contributed by atoms with Crippen molar-refractivity contribution in [2.75, 3.05) is 6.61 Å². The van der Waals surface area contributed by atoms with E-state index in [9.17, 15) is 0 Å². The summed E-state index contributed by atoms with van der Waals surface area (Å²) in [6.07, 6.45) is 6.54. The lowest BCUT2D eigenvalue weighted by Gasteiger charge is -2.08. The maximum atomic E-state index is 5.88. The minimum Gasteiger partial charge on any atom is -0.372 e. The molecule has 0 spiro atoms. The summed E-state index contributed by atoms with van der Waals surface area (Å²) in [4.78, 5) is 0. The van der Waals surface area contributed by atoms with Crippen LogP contribution in [-0.4, -0.2) is 11.2 Å². The summed E-state index contributed by atoms with van der Waals surface area (Å²) in [5, 5.41) is 1.36. The first-order valence-electron chi connectivity index (χ1n) is 8.56. The van der Waals surface area contributed by atoms with Crippen molar-refractivity contribution in [3.05, 3.63) is 83.6 Å². The molecule has 0 aliphatic heterocycles. The van der Waals surface area contributed by atoms with Gasteiger partial charge in [0.25, 0.3) is 0 Å². The van der Waals surface area contributed by atoms with Gasteiger partial charge in [-0.3, -0.25) is 0 Å². The van der Waals surface area contributed by atoms with Crippen LogP contribution in [0.2, 0.25) is 0 Å². The van der Waals surface area contributed by atoms with Gasteiger partial charge in [-0.2, -0.15) is 0 Å². The predicted molar refractivity (Wildman–Crippen MR) is 101 cm³/mol. The summed E-state index contributed by atoms with van der Waals surface area (Å²) >= 11 is 0. The van der Waals surface area contributed by atoms with Crippen LogP contribution in [0, 0.1) is 0 Å². The first kappa shape index (κ1) is 16.5. The van der Waals surface area contributed by atoms with Gasteiger partial charge in [-0.25, -0.2) is 0 Å². The molecule has 0 saturated heterocycles. The molecule has 0 radical (unpaired) electrons. The average Bonchev–Trinajstić information content (AvgIpc) is 2.95. The number of para-hydroxylation sites is 1. The van der Waals surface area contributed by atoms with E-state index < -0.39 is 0 Å². The summed E-state index contributed by atoms with van der Waals surface area (Å²) in [5.41, 5.74) is 5.30. The van der Waals surface area contributed by atoms with Crippen LogP contribution in [-0.2, 0) is 24.8 Å². The second-order valence-corrected chi connectivity index (χ2v) is 6.21. The summed E-state index contributed by atoms with van der Waals surface area (Å²) in [5.74, 6) is 0. The zero-order chi connectivity index (χ0) is 16.8. The van der Waals surface area contributed by atoms with Gasteiger partial charge in [-0.1, -0.05) is 54.6 Å². The summed E-state index contributed by atoms with van der Waals surface area (Å²) < 4.78 is 8.09. The van der Waals surface area contributed by atoms with Crippen molar-refractivity contribution in [1.29, 1.82) is 0 Å². The number of hydrogen-bond acceptors (Lipinski definition) is 1. The molecule has 24 heavy (non-hydrogen) atoms. The molecule has 0 amide bonds. The van der Waals surface area contributed by atoms with E-state index in [-0.39, 0.29) is 0 Å². The molecule has 2 heteroatoms. The molecule has 1 aromatic heterocycles. The molecule has 3 rings (SSSR count). The number of benzene rings is 2. The fourth-order valence-electron chi connectivity index (χ4n) is 3.09. The largest absolute Gasteiger partial charge is 0.372 e. The van der Waals surface area contributed by atoms with Gasteiger partial charge in [0.05, 0.1) is 13.2 Å². The van der Waals surface area contributed by atoms with Crippen molar-refractivity contribution in [2.24, 2.45) is 7.05 Å². The van der Waals surface area contributed by atoms with Gasteiger partial charge in [-0.15, -0.1) is 0 Å². The third kappa shape index (κ3) is 3.95. The number of fused-ring (bicyclic) bond motifs is 1. The minimum atomic E-state index is 0.673. The van der Waals surface area contributed by atoms with Crippen LogP contribution >= 0.6 is 0 Å². The molecule has 3 aromatic rings. The van der Waals surface area contributed by atoms with Crippen LogP contribution in [0.3, 0.4) is 0 Å². The number of allylic oxidation sites excluding steroid dienone is 1. The highest BCUT2D eigenvalue weighted by Crippen LogP contribution is 2.22. The zero-order valence-electron chi connectivity index (χ0n) is 14.5. The number of aromatic nitrogens is 1. The fourth-order valence-corrected chi connectivity index (χ4v) is 3.09. The molecule has 0 aliphatic carbocycles. The second kappa shape index (κ2) is 7.98. The Morgan fingerprint density at radius 1 is 1.04 bits per heavy atom. The minimum absolute atomic E-state index is 0.673. The molecule has 2 nitrogen and oxygen atoms in total. The summed E-state index contributed by atoms with van der Waals surface area (Å²) in [7, 11) is 2.12. The fraction of sp³-hybridized carbons (Fsp3) is 0.273. The molecule has 2 aromatic carbocycles. The average molecular weight is 319 g/mol. The quantitative estimate of drug-likeness (QED) is 0.541. The number of rotatable bonds is 7. The van der Waals surface area contributed by atoms with Crippen LogP contribution < -0.4 is 0 Å². The molecular weight excluding hydrogens is 294 g/mol. The molecule has 0 fully saturated rings. The molecule has 0 N–H and O–H groups in total. The maximum absolute atomic E-state index is 5.88. The van der Waals surface area contributed by atoms with Crippen LogP contribution in [0.5, 0.6) is 0 Å². The summed E-state index contributed by atoms with van der Waals surface area (Å²) in [6.45, 7) is 3.48. The molecule has 0 aliphatic rings. The highest BCUT2D eigenvalue weighted by atomic mass is 16.5.